The van der Waals surface area contributed by atoms with Gasteiger partial charge in [-0.3, -0.25) is 9.88 Å². The summed E-state index contributed by atoms with van der Waals surface area (Å²) in [6.45, 7) is 7.53. The topological polar surface area (TPSA) is 42.2 Å². The largest absolute Gasteiger partial charge is 0.326 e. The van der Waals surface area contributed by atoms with Crippen molar-refractivity contribution in [1.82, 2.24) is 9.88 Å². The molecule has 0 aliphatic heterocycles. The van der Waals surface area contributed by atoms with Crippen LogP contribution in [0, 0.1) is 5.92 Å². The van der Waals surface area contributed by atoms with Crippen LogP contribution in [-0.2, 0) is 0 Å². The lowest BCUT2D eigenvalue weighted by molar-refractivity contribution is 0.197. The van der Waals surface area contributed by atoms with Gasteiger partial charge in [0.1, 0.15) is 0 Å². The number of hydrogen-bond acceptors (Lipinski definition) is 3. The van der Waals surface area contributed by atoms with Gasteiger partial charge in [-0.25, -0.2) is 0 Å². The molecule has 1 aromatic heterocycles. The SMILES string of the molecule is CC(C)CN(C)C(c1cccnc1)C(C)N. The van der Waals surface area contributed by atoms with Crippen molar-refractivity contribution >= 4 is 0 Å². The maximum atomic E-state index is 6.08. The lowest BCUT2D eigenvalue weighted by atomic mass is 10.0. The second kappa shape index (κ2) is 5.97. The van der Waals surface area contributed by atoms with Gasteiger partial charge < -0.3 is 5.73 Å². The molecule has 1 aromatic rings. The van der Waals surface area contributed by atoms with Gasteiger partial charge >= 0.3 is 0 Å². The van der Waals surface area contributed by atoms with E-state index in [-0.39, 0.29) is 12.1 Å². The molecule has 16 heavy (non-hydrogen) atoms. The summed E-state index contributed by atoms with van der Waals surface area (Å²) in [5.74, 6) is 0.642. The second-order valence-electron chi connectivity index (χ2n) is 4.92. The Morgan fingerprint density at radius 2 is 2.06 bits per heavy atom. The van der Waals surface area contributed by atoms with Crippen LogP contribution < -0.4 is 5.73 Å². The van der Waals surface area contributed by atoms with Gasteiger partial charge in [-0.05, 0) is 31.5 Å². The van der Waals surface area contributed by atoms with E-state index in [9.17, 15) is 0 Å². The molecule has 0 saturated heterocycles. The Hall–Kier alpha value is -0.930. The number of aromatic nitrogens is 1. The Morgan fingerprint density at radius 3 is 2.50 bits per heavy atom. The number of nitrogens with two attached hydrogens (primary N) is 1. The van der Waals surface area contributed by atoms with Gasteiger partial charge in [0.25, 0.3) is 0 Å². The van der Waals surface area contributed by atoms with Crippen molar-refractivity contribution in [3.63, 3.8) is 0 Å². The van der Waals surface area contributed by atoms with Gasteiger partial charge in [0.2, 0.25) is 0 Å². The van der Waals surface area contributed by atoms with Gasteiger partial charge in [0.15, 0.2) is 0 Å². The van der Waals surface area contributed by atoms with E-state index in [2.05, 4.69) is 43.8 Å². The first-order valence-electron chi connectivity index (χ1n) is 5.88. The fourth-order valence-corrected chi connectivity index (χ4v) is 2.20. The highest BCUT2D eigenvalue weighted by Gasteiger charge is 2.21. The molecule has 0 amide bonds. The molecule has 2 unspecified atom stereocenters. The summed E-state index contributed by atoms with van der Waals surface area (Å²) in [7, 11) is 2.13. The molecule has 0 fully saturated rings. The molecular weight excluding hydrogens is 198 g/mol. The third-order valence-electron chi connectivity index (χ3n) is 2.65. The number of hydrogen-bond donors (Lipinski definition) is 1. The van der Waals surface area contributed by atoms with Crippen LogP contribution in [0.4, 0.5) is 0 Å². The Morgan fingerprint density at radius 1 is 1.38 bits per heavy atom. The van der Waals surface area contributed by atoms with E-state index < -0.39 is 0 Å². The second-order valence-corrected chi connectivity index (χ2v) is 4.92. The van der Waals surface area contributed by atoms with Crippen molar-refractivity contribution in [2.75, 3.05) is 13.6 Å². The highest BCUT2D eigenvalue weighted by Crippen LogP contribution is 2.22. The minimum absolute atomic E-state index is 0.105. The van der Waals surface area contributed by atoms with E-state index in [1.165, 1.54) is 5.56 Å². The standard InChI is InChI=1S/C13H23N3/c1-10(2)9-16(4)13(11(3)14)12-6-5-7-15-8-12/h5-8,10-11,13H,9,14H2,1-4H3. The Kier molecular flexibility index (Phi) is 4.90. The van der Waals surface area contributed by atoms with E-state index >= 15 is 0 Å². The van der Waals surface area contributed by atoms with Gasteiger partial charge in [0, 0.05) is 25.0 Å². The minimum Gasteiger partial charge on any atom is -0.326 e. The average Bonchev–Trinajstić information content (AvgIpc) is 2.17. The quantitative estimate of drug-likeness (QED) is 0.827. The molecule has 0 saturated carbocycles. The van der Waals surface area contributed by atoms with E-state index in [4.69, 9.17) is 5.73 Å². The summed E-state index contributed by atoms with van der Waals surface area (Å²) in [5.41, 5.74) is 7.27. The molecule has 0 aliphatic carbocycles. The molecule has 90 valence electrons. The molecule has 2 atom stereocenters. The molecule has 2 N–H and O–H groups in total. The third kappa shape index (κ3) is 3.58. The summed E-state index contributed by atoms with van der Waals surface area (Å²) in [6.07, 6.45) is 3.70. The fourth-order valence-electron chi connectivity index (χ4n) is 2.20. The zero-order valence-electron chi connectivity index (χ0n) is 10.7. The van der Waals surface area contributed by atoms with E-state index in [1.54, 1.807) is 6.20 Å². The van der Waals surface area contributed by atoms with Crippen LogP contribution in [0.1, 0.15) is 32.4 Å². The Balaban J connectivity index is 2.83. The molecule has 3 nitrogen and oxygen atoms in total. The number of likely N-dealkylation sites (N-methyl/N-ethyl adjacent to an activating group) is 1. The van der Waals surface area contributed by atoms with E-state index in [0.29, 0.717) is 5.92 Å². The highest BCUT2D eigenvalue weighted by molar-refractivity contribution is 5.15. The fraction of sp³-hybridized carbons (Fsp3) is 0.615. The van der Waals surface area contributed by atoms with Gasteiger partial charge in [0.05, 0.1) is 6.04 Å². The first kappa shape index (κ1) is 13.1. The minimum atomic E-state index is 0.105. The van der Waals surface area contributed by atoms with Crippen molar-refractivity contribution in [2.24, 2.45) is 11.7 Å². The van der Waals surface area contributed by atoms with Gasteiger partial charge in [-0.2, -0.15) is 0 Å². The van der Waals surface area contributed by atoms with Gasteiger partial charge in [-0.1, -0.05) is 19.9 Å². The van der Waals surface area contributed by atoms with Crippen LogP contribution in [0.15, 0.2) is 24.5 Å². The molecule has 1 heterocycles. The Labute approximate surface area is 98.7 Å². The number of pyridine rings is 1. The van der Waals surface area contributed by atoms with E-state index in [1.807, 2.05) is 12.3 Å². The van der Waals surface area contributed by atoms with Crippen LogP contribution in [0.2, 0.25) is 0 Å². The summed E-state index contributed by atoms with van der Waals surface area (Å²) >= 11 is 0. The smallest absolute Gasteiger partial charge is 0.0509 e. The van der Waals surface area contributed by atoms with Crippen molar-refractivity contribution in [3.8, 4) is 0 Å². The van der Waals surface area contributed by atoms with Crippen LogP contribution in [0.25, 0.3) is 0 Å². The molecule has 1 rings (SSSR count). The first-order valence-corrected chi connectivity index (χ1v) is 5.88. The predicted octanol–water partition coefficient (Wildman–Crippen LogP) is 2.06. The normalized spacial score (nSPS) is 15.4. The summed E-state index contributed by atoms with van der Waals surface area (Å²) in [5, 5.41) is 0. The van der Waals surface area contributed by atoms with E-state index in [0.717, 1.165) is 6.54 Å². The van der Waals surface area contributed by atoms with Crippen LogP contribution >= 0.6 is 0 Å². The average molecular weight is 221 g/mol. The zero-order chi connectivity index (χ0) is 12.1. The molecule has 0 bridgehead atoms. The predicted molar refractivity (Wildman–Crippen MR) is 68.1 cm³/mol. The van der Waals surface area contributed by atoms with Crippen LogP contribution in [-0.4, -0.2) is 29.5 Å². The van der Waals surface area contributed by atoms with Crippen LogP contribution in [0.3, 0.4) is 0 Å². The monoisotopic (exact) mass is 221 g/mol. The molecule has 0 spiro atoms. The van der Waals surface area contributed by atoms with Crippen molar-refractivity contribution in [1.29, 1.82) is 0 Å². The third-order valence-corrected chi connectivity index (χ3v) is 2.65. The lowest BCUT2D eigenvalue weighted by Crippen LogP contribution is -2.39. The molecular formula is C13H23N3. The Bertz CT molecular complexity index is 295. The van der Waals surface area contributed by atoms with Crippen molar-refractivity contribution < 1.29 is 0 Å². The molecule has 3 heteroatoms. The number of nitrogens with zero attached hydrogens (tertiary/aromatic N) is 2. The zero-order valence-corrected chi connectivity index (χ0v) is 10.7. The maximum Gasteiger partial charge on any atom is 0.0509 e. The molecule has 0 radical (unpaired) electrons. The summed E-state index contributed by atoms with van der Waals surface area (Å²) in [4.78, 5) is 6.48. The first-order chi connectivity index (χ1) is 7.52. The van der Waals surface area contributed by atoms with Gasteiger partial charge in [-0.15, -0.1) is 0 Å². The molecule has 0 aromatic carbocycles. The molecule has 0 aliphatic rings. The summed E-state index contributed by atoms with van der Waals surface area (Å²) < 4.78 is 0. The summed E-state index contributed by atoms with van der Waals surface area (Å²) in [6, 6.07) is 4.41. The lowest BCUT2D eigenvalue weighted by Gasteiger charge is -2.32. The van der Waals surface area contributed by atoms with Crippen molar-refractivity contribution in [3.05, 3.63) is 30.1 Å². The highest BCUT2D eigenvalue weighted by atomic mass is 15.1. The number of rotatable bonds is 5. The van der Waals surface area contributed by atoms with Crippen molar-refractivity contribution in [2.45, 2.75) is 32.9 Å². The maximum absolute atomic E-state index is 6.08. The van der Waals surface area contributed by atoms with Crippen LogP contribution in [0.5, 0.6) is 0 Å².